The summed E-state index contributed by atoms with van der Waals surface area (Å²) in [6.45, 7) is 0. The molecule has 6 heteroatoms. The maximum Gasteiger partial charge on any atom is 0.206 e. The molecule has 0 aliphatic rings. The topological polar surface area (TPSA) is 67.6 Å². The Bertz CT molecular complexity index is 861. The van der Waals surface area contributed by atoms with Gasteiger partial charge in [0.1, 0.15) is 11.6 Å². The molecule has 2 aromatic carbocycles. The first kappa shape index (κ1) is 12.1. The molecule has 98 valence electrons. The van der Waals surface area contributed by atoms with Crippen molar-refractivity contribution in [3.05, 3.63) is 53.6 Å². The highest BCUT2D eigenvalue weighted by atomic mass is 19.2. The minimum absolute atomic E-state index is 0.00722. The second kappa shape index (κ2) is 4.31. The molecule has 3 rings (SSSR count). The van der Waals surface area contributed by atoms with Gasteiger partial charge in [-0.15, -0.1) is 0 Å². The molecule has 0 fully saturated rings. The Morgan fingerprint density at radius 2 is 1.90 bits per heavy atom. The van der Waals surface area contributed by atoms with E-state index < -0.39 is 11.6 Å². The number of nitrogen functional groups attached to an aromatic ring is 1. The Balaban J connectivity index is 2.41. The van der Waals surface area contributed by atoms with Crippen molar-refractivity contribution >= 4 is 17.0 Å². The zero-order valence-corrected chi connectivity index (χ0v) is 10.1. The van der Waals surface area contributed by atoms with Crippen LogP contribution in [0.25, 0.3) is 16.7 Å². The minimum Gasteiger partial charge on any atom is -0.369 e. The number of nitriles is 1. The number of fused-ring (bicyclic) bond motifs is 1. The molecule has 0 unspecified atom stereocenters. The lowest BCUT2D eigenvalue weighted by molar-refractivity contribution is 0.505. The first-order valence-corrected chi connectivity index (χ1v) is 5.75. The quantitative estimate of drug-likeness (QED) is 0.739. The molecular weight excluding hydrogens is 262 g/mol. The second-order valence-electron chi connectivity index (χ2n) is 4.16. The average Bonchev–Trinajstić information content (AvgIpc) is 2.78. The van der Waals surface area contributed by atoms with E-state index in [0.29, 0.717) is 16.6 Å². The predicted octanol–water partition coefficient (Wildman–Crippen LogP) is 2.76. The van der Waals surface area contributed by atoms with Crippen LogP contribution in [0.3, 0.4) is 0 Å². The number of halogens is 2. The summed E-state index contributed by atoms with van der Waals surface area (Å²) in [6.07, 6.45) is 0. The van der Waals surface area contributed by atoms with Crippen LogP contribution in [0, 0.1) is 23.0 Å². The predicted molar refractivity (Wildman–Crippen MR) is 70.1 cm³/mol. The fraction of sp³-hybridized carbons (Fsp3) is 0. The van der Waals surface area contributed by atoms with Crippen LogP contribution in [-0.2, 0) is 0 Å². The second-order valence-corrected chi connectivity index (χ2v) is 4.16. The van der Waals surface area contributed by atoms with Crippen LogP contribution in [0.4, 0.5) is 14.7 Å². The number of hydrogen-bond donors (Lipinski definition) is 1. The summed E-state index contributed by atoms with van der Waals surface area (Å²) >= 11 is 0. The molecule has 3 aromatic rings. The lowest BCUT2D eigenvalue weighted by atomic mass is 10.2. The number of imidazole rings is 1. The molecule has 2 N–H and O–H groups in total. The Labute approximate surface area is 112 Å². The Hall–Kier alpha value is -2.94. The van der Waals surface area contributed by atoms with E-state index in [4.69, 9.17) is 11.0 Å². The smallest absolute Gasteiger partial charge is 0.206 e. The summed E-state index contributed by atoms with van der Waals surface area (Å²) in [6, 6.07) is 10.7. The van der Waals surface area contributed by atoms with Gasteiger partial charge in [0, 0.05) is 0 Å². The molecule has 0 radical (unpaired) electrons. The molecule has 0 amide bonds. The van der Waals surface area contributed by atoms with Crippen molar-refractivity contribution < 1.29 is 8.78 Å². The highest BCUT2D eigenvalue weighted by Gasteiger charge is 2.17. The number of para-hydroxylation sites is 1. The lowest BCUT2D eigenvalue weighted by Crippen LogP contribution is -2.04. The van der Waals surface area contributed by atoms with Crippen LogP contribution in [0.5, 0.6) is 0 Å². The molecule has 0 bridgehead atoms. The molecule has 1 aromatic heterocycles. The third-order valence-electron chi connectivity index (χ3n) is 3.00. The molecule has 0 saturated carbocycles. The largest absolute Gasteiger partial charge is 0.369 e. The maximum absolute atomic E-state index is 13.9. The van der Waals surface area contributed by atoms with E-state index in [9.17, 15) is 8.78 Å². The fourth-order valence-corrected chi connectivity index (χ4v) is 2.13. The van der Waals surface area contributed by atoms with E-state index in [-0.39, 0.29) is 11.6 Å². The number of benzene rings is 2. The van der Waals surface area contributed by atoms with E-state index in [1.54, 1.807) is 18.2 Å². The van der Waals surface area contributed by atoms with Crippen LogP contribution in [0.1, 0.15) is 5.56 Å². The lowest BCUT2D eigenvalue weighted by Gasteiger charge is -2.08. The van der Waals surface area contributed by atoms with E-state index in [1.165, 1.54) is 16.7 Å². The van der Waals surface area contributed by atoms with E-state index in [2.05, 4.69) is 4.98 Å². The van der Waals surface area contributed by atoms with Gasteiger partial charge >= 0.3 is 0 Å². The molecule has 0 spiro atoms. The van der Waals surface area contributed by atoms with Gasteiger partial charge in [0.25, 0.3) is 0 Å². The SMILES string of the molecule is N#Cc1cccc2c1nc(N)n2-c1cccc(F)c1F. The van der Waals surface area contributed by atoms with Crippen molar-refractivity contribution in [3.8, 4) is 11.8 Å². The van der Waals surface area contributed by atoms with Gasteiger partial charge in [0.05, 0.1) is 16.8 Å². The van der Waals surface area contributed by atoms with E-state index in [1.807, 2.05) is 6.07 Å². The highest BCUT2D eigenvalue weighted by Crippen LogP contribution is 2.27. The molecule has 0 aliphatic heterocycles. The average molecular weight is 270 g/mol. The number of hydrogen-bond acceptors (Lipinski definition) is 3. The van der Waals surface area contributed by atoms with E-state index in [0.717, 1.165) is 6.07 Å². The third kappa shape index (κ3) is 1.61. The monoisotopic (exact) mass is 270 g/mol. The van der Waals surface area contributed by atoms with Crippen molar-refractivity contribution in [2.24, 2.45) is 0 Å². The van der Waals surface area contributed by atoms with E-state index >= 15 is 0 Å². The molecule has 0 aliphatic carbocycles. The van der Waals surface area contributed by atoms with Gasteiger partial charge in [-0.3, -0.25) is 4.57 Å². The summed E-state index contributed by atoms with van der Waals surface area (Å²) < 4.78 is 28.5. The van der Waals surface area contributed by atoms with Gasteiger partial charge in [-0.25, -0.2) is 13.8 Å². The maximum atomic E-state index is 13.9. The Morgan fingerprint density at radius 3 is 2.65 bits per heavy atom. The Kier molecular flexibility index (Phi) is 2.61. The van der Waals surface area contributed by atoms with Crippen molar-refractivity contribution in [2.75, 3.05) is 5.73 Å². The zero-order valence-electron chi connectivity index (χ0n) is 10.1. The summed E-state index contributed by atoms with van der Waals surface area (Å²) in [5.41, 5.74) is 6.87. The van der Waals surface area contributed by atoms with Crippen LogP contribution < -0.4 is 5.73 Å². The molecule has 0 saturated heterocycles. The van der Waals surface area contributed by atoms with Crippen molar-refractivity contribution in [1.29, 1.82) is 5.26 Å². The number of nitrogens with two attached hydrogens (primary N) is 1. The van der Waals surface area contributed by atoms with Gasteiger partial charge in [0.2, 0.25) is 5.95 Å². The van der Waals surface area contributed by atoms with Gasteiger partial charge in [-0.2, -0.15) is 5.26 Å². The van der Waals surface area contributed by atoms with Gasteiger partial charge < -0.3 is 5.73 Å². The first-order valence-electron chi connectivity index (χ1n) is 5.75. The van der Waals surface area contributed by atoms with Gasteiger partial charge in [-0.05, 0) is 24.3 Å². The normalized spacial score (nSPS) is 10.7. The van der Waals surface area contributed by atoms with Crippen molar-refractivity contribution in [1.82, 2.24) is 9.55 Å². The van der Waals surface area contributed by atoms with Crippen LogP contribution in [-0.4, -0.2) is 9.55 Å². The molecule has 20 heavy (non-hydrogen) atoms. The van der Waals surface area contributed by atoms with Crippen LogP contribution in [0.15, 0.2) is 36.4 Å². The number of nitrogens with zero attached hydrogens (tertiary/aromatic N) is 3. The summed E-state index contributed by atoms with van der Waals surface area (Å²) in [4.78, 5) is 4.06. The fourth-order valence-electron chi connectivity index (χ4n) is 2.13. The Morgan fingerprint density at radius 1 is 1.15 bits per heavy atom. The third-order valence-corrected chi connectivity index (χ3v) is 3.00. The molecule has 4 nitrogen and oxygen atoms in total. The number of anilines is 1. The molecule has 1 heterocycles. The van der Waals surface area contributed by atoms with Crippen molar-refractivity contribution in [2.45, 2.75) is 0 Å². The summed E-state index contributed by atoms with van der Waals surface area (Å²) in [5, 5.41) is 9.03. The summed E-state index contributed by atoms with van der Waals surface area (Å²) in [5.74, 6) is -1.99. The summed E-state index contributed by atoms with van der Waals surface area (Å²) in [7, 11) is 0. The number of aromatic nitrogens is 2. The first-order chi connectivity index (χ1) is 9.63. The van der Waals surface area contributed by atoms with Gasteiger partial charge in [-0.1, -0.05) is 12.1 Å². The standard InChI is InChI=1S/C14H8F2N4/c15-9-4-2-5-10(12(9)16)20-11-6-1-3-8(7-17)13(11)19-14(20)18/h1-6H,(H2,18,19). The number of rotatable bonds is 1. The molecule has 0 atom stereocenters. The molecular formula is C14H8F2N4. The minimum atomic E-state index is -1.01. The highest BCUT2D eigenvalue weighted by molar-refractivity contribution is 5.85. The van der Waals surface area contributed by atoms with Crippen molar-refractivity contribution in [3.63, 3.8) is 0 Å². The van der Waals surface area contributed by atoms with Gasteiger partial charge in [0.15, 0.2) is 11.6 Å². The zero-order chi connectivity index (χ0) is 14.3. The van der Waals surface area contributed by atoms with Crippen LogP contribution in [0.2, 0.25) is 0 Å². The van der Waals surface area contributed by atoms with Crippen LogP contribution >= 0.6 is 0 Å².